The van der Waals surface area contributed by atoms with Crippen molar-refractivity contribution in [2.75, 3.05) is 39.4 Å². The average Bonchev–Trinajstić information content (AvgIpc) is 2.78. The van der Waals surface area contributed by atoms with Gasteiger partial charge in [0.2, 0.25) is 0 Å². The fourth-order valence-electron chi connectivity index (χ4n) is 3.12. The minimum absolute atomic E-state index is 0.200. The molecule has 2 aromatic rings. The summed E-state index contributed by atoms with van der Waals surface area (Å²) in [6, 6.07) is 12.4. The van der Waals surface area contributed by atoms with Crippen LogP contribution in [0.1, 0.15) is 22.3 Å². The predicted octanol–water partition coefficient (Wildman–Crippen LogP) is 0.274. The minimum Gasteiger partial charge on any atom is -0.370 e. The summed E-state index contributed by atoms with van der Waals surface area (Å²) in [6.07, 6.45) is 5.81. The predicted molar refractivity (Wildman–Crippen MR) is 110 cm³/mol. The van der Waals surface area contributed by atoms with Crippen LogP contribution in [0.2, 0.25) is 0 Å². The van der Waals surface area contributed by atoms with Gasteiger partial charge in [0.05, 0.1) is 19.8 Å². The lowest BCUT2D eigenvalue weighted by atomic mass is 10.2. The Bertz CT molecular complexity index is 818. The average molecular weight is 395 g/mol. The number of hydrogen-bond acceptors (Lipinski definition) is 4. The SMILES string of the molecule is O=C(NCCC[NH+]1CCOCC1)/C(=C/c1cccnc1)NC(=O)c1ccccc1. The molecule has 0 unspecified atom stereocenters. The molecule has 0 saturated carbocycles. The van der Waals surface area contributed by atoms with Crippen LogP contribution < -0.4 is 15.5 Å². The molecule has 0 atom stereocenters. The van der Waals surface area contributed by atoms with E-state index >= 15 is 0 Å². The zero-order valence-electron chi connectivity index (χ0n) is 16.4. The molecule has 0 bridgehead atoms. The molecule has 1 fully saturated rings. The minimum atomic E-state index is -0.325. The molecule has 0 spiro atoms. The van der Waals surface area contributed by atoms with E-state index in [0.717, 1.165) is 44.8 Å². The summed E-state index contributed by atoms with van der Waals surface area (Å²) in [4.78, 5) is 30.8. The van der Waals surface area contributed by atoms with Crippen molar-refractivity contribution in [3.8, 4) is 0 Å². The molecule has 29 heavy (non-hydrogen) atoms. The fourth-order valence-corrected chi connectivity index (χ4v) is 3.12. The Morgan fingerprint density at radius 3 is 2.62 bits per heavy atom. The molecular weight excluding hydrogens is 368 g/mol. The van der Waals surface area contributed by atoms with Crippen LogP contribution >= 0.6 is 0 Å². The Morgan fingerprint density at radius 2 is 1.90 bits per heavy atom. The molecule has 7 nitrogen and oxygen atoms in total. The number of hydrogen-bond donors (Lipinski definition) is 3. The van der Waals surface area contributed by atoms with Crippen LogP contribution in [-0.4, -0.2) is 56.2 Å². The second-order valence-corrected chi connectivity index (χ2v) is 6.89. The first-order valence-electron chi connectivity index (χ1n) is 9.90. The van der Waals surface area contributed by atoms with Crippen molar-refractivity contribution in [2.45, 2.75) is 6.42 Å². The van der Waals surface area contributed by atoms with Crippen molar-refractivity contribution in [1.29, 1.82) is 0 Å². The highest BCUT2D eigenvalue weighted by Gasteiger charge is 2.16. The first-order chi connectivity index (χ1) is 14.2. The van der Waals surface area contributed by atoms with Gasteiger partial charge in [-0.3, -0.25) is 14.6 Å². The van der Waals surface area contributed by atoms with Crippen molar-refractivity contribution >= 4 is 17.9 Å². The topological polar surface area (TPSA) is 84.8 Å². The van der Waals surface area contributed by atoms with Crippen molar-refractivity contribution in [3.63, 3.8) is 0 Å². The molecule has 2 amide bonds. The first-order valence-corrected chi connectivity index (χ1v) is 9.90. The van der Waals surface area contributed by atoms with Gasteiger partial charge >= 0.3 is 0 Å². The highest BCUT2D eigenvalue weighted by atomic mass is 16.5. The third-order valence-electron chi connectivity index (χ3n) is 4.72. The number of amides is 2. The summed E-state index contributed by atoms with van der Waals surface area (Å²) in [7, 11) is 0. The Labute approximate surface area is 170 Å². The van der Waals surface area contributed by atoms with Crippen LogP contribution in [0.15, 0.2) is 60.6 Å². The molecule has 3 rings (SSSR count). The van der Waals surface area contributed by atoms with Crippen molar-refractivity contribution in [3.05, 3.63) is 71.7 Å². The van der Waals surface area contributed by atoms with Gasteiger partial charge in [0.1, 0.15) is 18.8 Å². The summed E-state index contributed by atoms with van der Waals surface area (Å²) >= 11 is 0. The molecule has 1 aromatic carbocycles. The van der Waals surface area contributed by atoms with E-state index in [1.807, 2.05) is 12.1 Å². The summed E-state index contributed by atoms with van der Waals surface area (Å²) in [5.41, 5.74) is 1.43. The molecular formula is C22H27N4O3+. The maximum atomic E-state index is 12.7. The monoisotopic (exact) mass is 395 g/mol. The maximum absolute atomic E-state index is 12.7. The molecule has 2 heterocycles. The molecule has 7 heteroatoms. The van der Waals surface area contributed by atoms with Crippen LogP contribution in [0.3, 0.4) is 0 Å². The van der Waals surface area contributed by atoms with Crippen LogP contribution in [0, 0.1) is 0 Å². The molecule has 1 aromatic heterocycles. The number of carbonyl (C=O) groups excluding carboxylic acids is 2. The molecule has 3 N–H and O–H groups in total. The lowest BCUT2D eigenvalue weighted by Crippen LogP contribution is -3.14. The highest BCUT2D eigenvalue weighted by molar-refractivity contribution is 6.05. The van der Waals surface area contributed by atoms with Crippen LogP contribution in [0.25, 0.3) is 6.08 Å². The molecule has 1 aliphatic heterocycles. The van der Waals surface area contributed by atoms with Crippen LogP contribution in [0.4, 0.5) is 0 Å². The third kappa shape index (κ3) is 6.81. The van der Waals surface area contributed by atoms with Gasteiger partial charge in [-0.1, -0.05) is 24.3 Å². The number of aromatic nitrogens is 1. The standard InChI is InChI=1S/C22H26N4O3/c27-21(19-7-2-1-3-8-19)25-20(16-18-6-4-9-23-17-18)22(28)24-10-5-11-26-12-14-29-15-13-26/h1-4,6-9,16-17H,5,10-15H2,(H,24,28)(H,25,27)/p+1/b20-16-. The largest absolute Gasteiger partial charge is 0.370 e. The van der Waals surface area contributed by atoms with Gasteiger partial charge in [0.15, 0.2) is 0 Å². The van der Waals surface area contributed by atoms with E-state index in [0.29, 0.717) is 12.1 Å². The number of pyridine rings is 1. The summed E-state index contributed by atoms with van der Waals surface area (Å²) in [6.45, 7) is 5.15. The molecule has 1 aliphatic rings. The van der Waals surface area contributed by atoms with E-state index < -0.39 is 0 Å². The smallest absolute Gasteiger partial charge is 0.267 e. The normalized spacial score (nSPS) is 15.0. The lowest BCUT2D eigenvalue weighted by Gasteiger charge is -2.23. The third-order valence-corrected chi connectivity index (χ3v) is 4.72. The van der Waals surface area contributed by atoms with Gasteiger partial charge in [0.25, 0.3) is 11.8 Å². The van der Waals surface area contributed by atoms with Crippen LogP contribution in [0.5, 0.6) is 0 Å². The van der Waals surface area contributed by atoms with Gasteiger partial charge in [0, 0.05) is 30.9 Å². The summed E-state index contributed by atoms with van der Waals surface area (Å²) in [5, 5.41) is 5.64. The summed E-state index contributed by atoms with van der Waals surface area (Å²) in [5.74, 6) is -0.635. The van der Waals surface area contributed by atoms with E-state index in [-0.39, 0.29) is 17.5 Å². The Kier molecular flexibility index (Phi) is 7.91. The van der Waals surface area contributed by atoms with E-state index in [4.69, 9.17) is 4.74 Å². The van der Waals surface area contributed by atoms with Crippen molar-refractivity contribution in [1.82, 2.24) is 15.6 Å². The van der Waals surface area contributed by atoms with Gasteiger partial charge in [-0.25, -0.2) is 0 Å². The Hall–Kier alpha value is -3.03. The quantitative estimate of drug-likeness (QED) is 0.443. The Balaban J connectivity index is 1.60. The fraction of sp³-hybridized carbons (Fsp3) is 0.318. The second kappa shape index (κ2) is 11.1. The molecule has 1 saturated heterocycles. The summed E-state index contributed by atoms with van der Waals surface area (Å²) < 4.78 is 5.36. The van der Waals surface area contributed by atoms with Gasteiger partial charge in [-0.2, -0.15) is 0 Å². The highest BCUT2D eigenvalue weighted by Crippen LogP contribution is 2.06. The lowest BCUT2D eigenvalue weighted by molar-refractivity contribution is -0.908. The number of nitrogens with zero attached hydrogens (tertiary/aromatic N) is 1. The van der Waals surface area contributed by atoms with E-state index in [9.17, 15) is 9.59 Å². The van der Waals surface area contributed by atoms with Gasteiger partial charge in [-0.15, -0.1) is 0 Å². The van der Waals surface area contributed by atoms with E-state index in [2.05, 4.69) is 15.6 Å². The molecule has 0 aliphatic carbocycles. The van der Waals surface area contributed by atoms with Crippen molar-refractivity contribution in [2.24, 2.45) is 0 Å². The number of nitrogens with one attached hydrogen (secondary N) is 3. The van der Waals surface area contributed by atoms with Crippen molar-refractivity contribution < 1.29 is 19.2 Å². The van der Waals surface area contributed by atoms with E-state index in [1.165, 1.54) is 4.90 Å². The first kappa shape index (κ1) is 20.7. The van der Waals surface area contributed by atoms with Gasteiger partial charge in [-0.05, 0) is 29.8 Å². The maximum Gasteiger partial charge on any atom is 0.267 e. The zero-order chi connectivity index (χ0) is 20.3. The number of morpholine rings is 1. The van der Waals surface area contributed by atoms with Crippen LogP contribution in [-0.2, 0) is 9.53 Å². The molecule has 0 radical (unpaired) electrons. The number of ether oxygens (including phenoxy) is 1. The number of carbonyl (C=O) groups is 2. The number of rotatable bonds is 8. The number of benzene rings is 1. The second-order valence-electron chi connectivity index (χ2n) is 6.89. The van der Waals surface area contributed by atoms with Gasteiger partial charge < -0.3 is 20.3 Å². The Morgan fingerprint density at radius 1 is 1.10 bits per heavy atom. The molecule has 152 valence electrons. The zero-order valence-corrected chi connectivity index (χ0v) is 16.4. The van der Waals surface area contributed by atoms with E-state index in [1.54, 1.807) is 48.8 Å². The number of quaternary nitrogens is 1.